The minimum Gasteiger partial charge on any atom is -0.495 e. The number of nitrogen functional groups attached to an aromatic ring is 2. The molecule has 1 aliphatic rings. The number of thioether (sulfide) groups is 3. The van der Waals surface area contributed by atoms with Crippen LogP contribution in [-0.2, 0) is 19.1 Å². The number of methoxy groups -OCH3 is 1. The Morgan fingerprint density at radius 3 is 1.69 bits per heavy atom. The second kappa shape index (κ2) is 53.2. The predicted molar refractivity (Wildman–Crippen MR) is 480 cm³/mol. The maximum atomic E-state index is 11.6. The van der Waals surface area contributed by atoms with E-state index < -0.39 is 36.1 Å². The molecule has 0 aliphatic carbocycles. The van der Waals surface area contributed by atoms with Gasteiger partial charge in [-0.05, 0) is 133 Å². The van der Waals surface area contributed by atoms with Gasteiger partial charge in [0.1, 0.15) is 28.9 Å². The number of H-pyrrole nitrogens is 5. The van der Waals surface area contributed by atoms with Crippen LogP contribution in [-0.4, -0.2) is 230 Å². The smallest absolute Gasteiger partial charge is 0.495 e. The number of aromatic nitrogens is 24. The molecule has 1 amide bonds. The van der Waals surface area contributed by atoms with E-state index in [0.29, 0.717) is 67.4 Å². The Morgan fingerprint density at radius 1 is 0.683 bits per heavy atom. The molecule has 668 valence electrons. The third-order valence-electron chi connectivity index (χ3n) is 14.4. The Balaban J connectivity index is 0.000000303. The summed E-state index contributed by atoms with van der Waals surface area (Å²) in [4.78, 5) is 95.7. The molecule has 15 aromatic rings. The Bertz CT molecular complexity index is 6340. The summed E-state index contributed by atoms with van der Waals surface area (Å²) in [6.45, 7) is 6.34. The average molecular weight is 1960 g/mol. The van der Waals surface area contributed by atoms with Gasteiger partial charge in [0.2, 0.25) is 19.9 Å². The maximum Gasteiger partial charge on any atom is 1.00 e. The molecule has 61 heteroatoms. The topological polar surface area (TPSA) is 650 Å². The number of amides is 1. The number of anilines is 4. The monoisotopic (exact) mass is 1960 g/mol. The van der Waals surface area contributed by atoms with Crippen molar-refractivity contribution in [2.45, 2.75) is 42.4 Å². The zero-order chi connectivity index (χ0) is 89.9. The summed E-state index contributed by atoms with van der Waals surface area (Å²) in [6, 6.07) is 29.0. The van der Waals surface area contributed by atoms with Gasteiger partial charge in [-0.2, -0.15) is 73.1 Å². The molecular weight excluding hydrogens is 1890 g/mol. The molecule has 0 unspecified atom stereocenters. The number of thiocarbonyl (C=S) groups is 1. The molecule has 0 atom stereocenters. The van der Waals surface area contributed by atoms with Gasteiger partial charge in [0.25, 0.3) is 16.5 Å². The van der Waals surface area contributed by atoms with Crippen molar-refractivity contribution in [3.05, 3.63) is 209 Å². The van der Waals surface area contributed by atoms with Crippen molar-refractivity contribution >= 4 is 194 Å². The molecule has 126 heavy (non-hydrogen) atoms. The number of sulfone groups is 1. The van der Waals surface area contributed by atoms with Crippen molar-refractivity contribution in [3.63, 3.8) is 0 Å². The standard InChI is InChI=1S/C12H9N5O5S.C12H9N5O3S.C12H19N3O.C7H10N4O2S.C6H5ClN4S.C6H6N4OS.C5H4N4OS.C3H5N3.2CH4.Cl3OP.H3N2O.Na/c1-23(20,21)11-14-10-5-6-13-16(10)12(15-11)22-9-4-2-3-8(7-9)17(18)19;1-21-11-14-10-5-6-13-16(10)12(15-11)20-9-4-2-3-8(7-9)17(18)19;1-14-5-7-15(8-6-14)10-3-4-11(13)12(9-10)16-2;1-2-13-7(12)10-6(14)9-5-3-4-8-11-5;1-12-6-9-4-2-3-8-11(4)5(7)10-6;1-12-5-8-4-2-3-7-10(4)6(11)9-5;10-5-8-4(11)7-3-1-2-6-9(3)5;4-3-1-2-5-6-3;;;1-5(2,3)4;1-2-3;/h2-7H,1H3;2-7H,1H3;3-4,9H,5-8,13H2,1-2H3;3-4H,2H2,1H3,(H3,8,9,10,11,12,14);2-3H,1H3;2-3H,1H3,(H,8,9,11);1-2,6H,(H,8,10,11);1-2H,(H3,4,5,6);2*1H4;;3H,1H2;/q;;;;;;;;;;;-1;+1. The summed E-state index contributed by atoms with van der Waals surface area (Å²) in [6.07, 6.45) is 16.9. The second-order valence-electron chi connectivity index (χ2n) is 22.7. The van der Waals surface area contributed by atoms with E-state index in [4.69, 9.17) is 66.9 Å². The number of alkyl carbamates (subject to hydrolysis) is 1. The number of aromatic amines is 5. The van der Waals surface area contributed by atoms with E-state index in [1.54, 1.807) is 99.7 Å². The molecular formula is C65H78Cl4N34NaO15PS6. The van der Waals surface area contributed by atoms with Crippen LogP contribution in [0, 0.1) is 25.0 Å². The first-order valence-electron chi connectivity index (χ1n) is 33.8. The first-order chi connectivity index (χ1) is 58.6. The molecule has 49 nitrogen and oxygen atoms in total. The van der Waals surface area contributed by atoms with Gasteiger partial charge in [0.15, 0.2) is 48.8 Å². The molecule has 14 N–H and O–H groups in total. The van der Waals surface area contributed by atoms with Crippen molar-refractivity contribution in [2.24, 2.45) is 5.84 Å². The third kappa shape index (κ3) is 34.9. The van der Waals surface area contributed by atoms with Crippen molar-refractivity contribution in [3.8, 4) is 29.3 Å². The van der Waals surface area contributed by atoms with Crippen LogP contribution in [0.25, 0.3) is 33.8 Å². The number of piperazine rings is 1. The molecule has 3 aromatic carbocycles. The zero-order valence-electron chi connectivity index (χ0n) is 65.5. The summed E-state index contributed by atoms with van der Waals surface area (Å²) < 4.78 is 60.5. The Hall–Kier alpha value is -11.4. The van der Waals surface area contributed by atoms with Crippen LogP contribution in [0.5, 0.6) is 29.3 Å². The van der Waals surface area contributed by atoms with Crippen LogP contribution in [0.2, 0.25) is 5.28 Å². The molecule has 16 rings (SSSR count). The molecule has 1 fully saturated rings. The van der Waals surface area contributed by atoms with Crippen molar-refractivity contribution in [1.82, 2.24) is 129 Å². The summed E-state index contributed by atoms with van der Waals surface area (Å²) in [5, 5.41) is 63.1. The third-order valence-corrected chi connectivity index (χ3v) is 17.5. The van der Waals surface area contributed by atoms with Gasteiger partial charge in [-0.1, -0.05) is 62.3 Å². The van der Waals surface area contributed by atoms with Gasteiger partial charge < -0.3 is 62.2 Å². The molecule has 12 aromatic heterocycles. The number of fused-ring (bicyclic) bond motifs is 5. The summed E-state index contributed by atoms with van der Waals surface area (Å²) in [5.74, 6) is 6.43. The molecule has 1 saturated heterocycles. The van der Waals surface area contributed by atoms with Crippen LogP contribution in [0.4, 0.5) is 39.2 Å². The van der Waals surface area contributed by atoms with Crippen LogP contribution in [0.15, 0.2) is 183 Å². The van der Waals surface area contributed by atoms with E-state index in [1.807, 2.05) is 36.5 Å². The summed E-state index contributed by atoms with van der Waals surface area (Å²) in [5.41, 5.74) is 16.7. The van der Waals surface area contributed by atoms with Gasteiger partial charge >= 0.3 is 64.3 Å². The number of carbonyl (C=O) groups is 1. The summed E-state index contributed by atoms with van der Waals surface area (Å²) >= 11 is 33.4. The van der Waals surface area contributed by atoms with E-state index in [9.17, 15) is 47.6 Å². The minimum absolute atomic E-state index is 0. The molecule has 0 bridgehead atoms. The second-order valence-corrected chi connectivity index (χ2v) is 34.7. The largest absolute Gasteiger partial charge is 1.00 e. The Kier molecular flexibility index (Phi) is 45.2. The van der Waals surface area contributed by atoms with Crippen LogP contribution < -0.4 is 88.0 Å². The van der Waals surface area contributed by atoms with Crippen LogP contribution in [0.1, 0.15) is 21.8 Å². The number of non-ortho nitro benzene ring substituents is 2. The number of likely N-dealkylation sites (N-methyl/N-ethyl adjacent to an activating group) is 1. The Labute approximate surface area is 778 Å². The van der Waals surface area contributed by atoms with Gasteiger partial charge in [0, 0.05) is 98.9 Å². The molecule has 13 heterocycles. The number of benzene rings is 3. The number of nitro groups is 2. The number of halogens is 4. The number of carbonyl (C=O) groups excluding carboxylic acids is 1. The van der Waals surface area contributed by atoms with Gasteiger partial charge in [0.05, 0.1) is 78.6 Å². The van der Waals surface area contributed by atoms with Crippen molar-refractivity contribution in [1.29, 1.82) is 0 Å². The van der Waals surface area contributed by atoms with Crippen LogP contribution in [0.3, 0.4) is 0 Å². The fourth-order valence-corrected chi connectivity index (χ4v) is 11.3. The quantitative estimate of drug-likeness (QED) is 0.00716. The molecule has 0 radical (unpaired) electrons. The number of nitrogens with one attached hydrogen (secondary N) is 7. The molecule has 0 spiro atoms. The van der Waals surface area contributed by atoms with E-state index in [0.717, 1.165) is 43.8 Å². The number of hydrogen-bond acceptors (Lipinski definition) is 39. The van der Waals surface area contributed by atoms with Crippen LogP contribution >= 0.6 is 110 Å². The number of nitro benzene ring substituents is 2. The number of nitrogens with zero attached hydrogens (tertiary/aromatic N) is 24. The number of hydrogen-bond donors (Lipinski definition) is 11. The number of ether oxygens (including phenoxy) is 4. The average Bonchev–Trinajstić information content (AvgIpc) is 1.62. The Morgan fingerprint density at radius 2 is 1.20 bits per heavy atom. The van der Waals surface area contributed by atoms with E-state index in [1.165, 1.54) is 112 Å². The zero-order valence-corrected chi connectivity index (χ0v) is 76.3. The van der Waals surface area contributed by atoms with Crippen molar-refractivity contribution < 1.29 is 81.3 Å². The van der Waals surface area contributed by atoms with Crippen molar-refractivity contribution in [2.75, 3.05) is 93.7 Å². The molecule has 1 aliphatic heterocycles. The number of rotatable bonds is 14. The SMILES string of the molecule is C.C.CCOC(=O)NC(=S)Nc1ccn[nH]1.COc1cc(N2CCN(C)CC2)ccc1N.CS(=O)(=O)c1nc(Oc2cccc([N+](=O)[O-])c2)n2nccc2n1.CSc1nc(Cl)n2nccc2n1.CSc1nc(Oc2cccc([N+](=O)[O-])c2)n2nccc2n1.CSc1nc2ccnn2c(=O)[nH]1.N[N-]O.Nc1ccn[nH]1.O=P(Cl)(Cl)Cl.O=c1[nH]c(=S)nc2cc[nH]n12.[Na+]. The van der Waals surface area contributed by atoms with E-state index >= 15 is 0 Å². The summed E-state index contributed by atoms with van der Waals surface area (Å²) in [7, 11) is 0.146. The minimum atomic E-state index is -3.66. The number of nitrogens with two attached hydrogens (primary N) is 3. The maximum absolute atomic E-state index is 11.6. The predicted octanol–water partition coefficient (Wildman–Crippen LogP) is 8.08. The van der Waals surface area contributed by atoms with Gasteiger partial charge in [-0.3, -0.25) is 55.4 Å². The first-order valence-corrected chi connectivity index (χ1v) is 45.0. The normalized spacial score (nSPS) is 11.1. The fraction of sp³-hybridized carbons (Fsp3) is 0.215. The van der Waals surface area contributed by atoms with Gasteiger partial charge in [-0.25, -0.2) is 42.7 Å². The van der Waals surface area contributed by atoms with E-state index in [2.05, 4.69) is 174 Å². The fourth-order valence-electron chi connectivity index (χ4n) is 9.08. The van der Waals surface area contributed by atoms with E-state index in [-0.39, 0.29) is 100 Å². The first kappa shape index (κ1) is 107. The van der Waals surface area contributed by atoms with Gasteiger partial charge in [-0.15, -0.1) is 0 Å². The molecule has 0 saturated carbocycles.